The molecule has 0 aliphatic heterocycles. The average molecular weight is 319 g/mol. The molecule has 2 rings (SSSR count). The molecule has 118 valence electrons. The topological polar surface area (TPSA) is 42.4 Å². The van der Waals surface area contributed by atoms with Crippen molar-refractivity contribution < 1.29 is 31.8 Å². The van der Waals surface area contributed by atoms with E-state index in [2.05, 4.69) is 9.72 Å². The Morgan fingerprint density at radius 1 is 1.09 bits per heavy atom. The summed E-state index contributed by atoms with van der Waals surface area (Å²) in [5, 5.41) is 9.14. The highest BCUT2D eigenvalue weighted by Gasteiger charge is 2.16. The number of aliphatic hydroxyl groups excluding tert-OH is 1. The Morgan fingerprint density at radius 3 is 2.41 bits per heavy atom. The van der Waals surface area contributed by atoms with E-state index in [9.17, 15) is 22.0 Å². The lowest BCUT2D eigenvalue weighted by Gasteiger charge is -2.11. The minimum Gasteiger partial charge on any atom is -0.417 e. The summed E-state index contributed by atoms with van der Waals surface area (Å²) >= 11 is 0. The molecular formula is C14H10F5NO2. The zero-order valence-corrected chi connectivity index (χ0v) is 10.9. The molecule has 0 unspecified atom stereocenters. The summed E-state index contributed by atoms with van der Waals surface area (Å²) in [6.45, 7) is -3.74. The Labute approximate surface area is 122 Å². The zero-order chi connectivity index (χ0) is 16.3. The van der Waals surface area contributed by atoms with Crippen LogP contribution in [0.3, 0.4) is 0 Å². The van der Waals surface area contributed by atoms with Crippen LogP contribution in [0, 0.1) is 5.82 Å². The molecule has 0 radical (unpaired) electrons. The first-order chi connectivity index (χ1) is 10.4. The maximum Gasteiger partial charge on any atom is 0.388 e. The van der Waals surface area contributed by atoms with E-state index in [0.717, 1.165) is 18.3 Å². The van der Waals surface area contributed by atoms with Crippen LogP contribution in [-0.4, -0.2) is 16.7 Å². The predicted molar refractivity (Wildman–Crippen MR) is 67.1 cm³/mol. The first-order valence-electron chi connectivity index (χ1n) is 6.05. The number of halogens is 5. The monoisotopic (exact) mass is 319 g/mol. The van der Waals surface area contributed by atoms with Crippen LogP contribution < -0.4 is 4.74 Å². The fourth-order valence-corrected chi connectivity index (χ4v) is 1.85. The Kier molecular flexibility index (Phi) is 4.92. The normalized spacial score (nSPS) is 11.3. The van der Waals surface area contributed by atoms with E-state index < -0.39 is 36.9 Å². The maximum absolute atomic E-state index is 13.3. The van der Waals surface area contributed by atoms with Crippen molar-refractivity contribution in [2.24, 2.45) is 0 Å². The number of ether oxygens (including phenoxy) is 1. The van der Waals surface area contributed by atoms with Crippen molar-refractivity contribution in [3.05, 3.63) is 47.4 Å². The van der Waals surface area contributed by atoms with E-state index >= 15 is 0 Å². The van der Waals surface area contributed by atoms with Gasteiger partial charge in [-0.1, -0.05) is 6.07 Å². The van der Waals surface area contributed by atoms with Crippen molar-refractivity contribution in [2.75, 3.05) is 0 Å². The van der Waals surface area contributed by atoms with Crippen LogP contribution in [0.25, 0.3) is 11.1 Å². The van der Waals surface area contributed by atoms with Crippen LogP contribution in [0.1, 0.15) is 17.6 Å². The second-order valence-corrected chi connectivity index (χ2v) is 4.26. The van der Waals surface area contributed by atoms with Gasteiger partial charge in [0.1, 0.15) is 5.82 Å². The highest BCUT2D eigenvalue weighted by atomic mass is 19.3. The molecule has 0 saturated carbocycles. The van der Waals surface area contributed by atoms with Crippen LogP contribution in [-0.2, 0) is 6.61 Å². The molecule has 8 heteroatoms. The number of nitrogens with zero attached hydrogens (tertiary/aromatic N) is 1. The van der Waals surface area contributed by atoms with Gasteiger partial charge in [-0.2, -0.15) is 8.78 Å². The highest BCUT2D eigenvalue weighted by Crippen LogP contribution is 2.30. The lowest BCUT2D eigenvalue weighted by molar-refractivity contribution is -0.0540. The standard InChI is InChI=1S/C14H10F5NO2/c15-11-2-1-7(4-10(11)12(16)17)8-3-9(6-21)13(20-5-8)22-14(18)19/h1-5,12,14,21H,6H2. The lowest BCUT2D eigenvalue weighted by Crippen LogP contribution is -2.06. The van der Waals surface area contributed by atoms with Gasteiger partial charge in [0.05, 0.1) is 12.2 Å². The number of pyridine rings is 1. The molecule has 0 bridgehead atoms. The minimum atomic E-state index is -3.11. The van der Waals surface area contributed by atoms with E-state index in [4.69, 9.17) is 5.11 Å². The van der Waals surface area contributed by atoms with E-state index in [0.29, 0.717) is 0 Å². The fraction of sp³-hybridized carbons (Fsp3) is 0.214. The minimum absolute atomic E-state index is 0.0410. The molecule has 1 heterocycles. The molecule has 0 fully saturated rings. The SMILES string of the molecule is OCc1cc(-c2ccc(F)c(C(F)F)c2)cnc1OC(F)F. The number of hydrogen-bond donors (Lipinski definition) is 1. The Hall–Kier alpha value is -2.22. The molecule has 2 aromatic rings. The van der Waals surface area contributed by atoms with Gasteiger partial charge in [0.25, 0.3) is 6.43 Å². The van der Waals surface area contributed by atoms with Gasteiger partial charge in [-0.25, -0.2) is 18.2 Å². The Balaban J connectivity index is 2.43. The van der Waals surface area contributed by atoms with Crippen molar-refractivity contribution in [3.8, 4) is 17.0 Å². The molecule has 0 atom stereocenters. The third-order valence-electron chi connectivity index (χ3n) is 2.86. The molecule has 0 spiro atoms. The Bertz CT molecular complexity index is 664. The number of aliphatic hydroxyl groups is 1. The molecule has 22 heavy (non-hydrogen) atoms. The summed E-state index contributed by atoms with van der Waals surface area (Å²) in [7, 11) is 0. The highest BCUT2D eigenvalue weighted by molar-refractivity contribution is 5.65. The number of rotatable bonds is 5. The first-order valence-corrected chi connectivity index (χ1v) is 6.05. The smallest absolute Gasteiger partial charge is 0.388 e. The van der Waals surface area contributed by atoms with Crippen LogP contribution in [0.15, 0.2) is 30.5 Å². The van der Waals surface area contributed by atoms with Crippen molar-refractivity contribution in [1.29, 1.82) is 0 Å². The lowest BCUT2D eigenvalue weighted by atomic mass is 10.0. The summed E-state index contributed by atoms with van der Waals surface area (Å²) < 4.78 is 67.1. The van der Waals surface area contributed by atoms with Crippen LogP contribution >= 0.6 is 0 Å². The molecule has 0 saturated heterocycles. The summed E-state index contributed by atoms with van der Waals surface area (Å²) in [6, 6.07) is 4.31. The van der Waals surface area contributed by atoms with Gasteiger partial charge in [-0.05, 0) is 23.8 Å². The van der Waals surface area contributed by atoms with Gasteiger partial charge >= 0.3 is 6.61 Å². The molecule has 1 aromatic heterocycles. The van der Waals surface area contributed by atoms with Gasteiger partial charge in [-0.15, -0.1) is 0 Å². The molecule has 1 aromatic carbocycles. The van der Waals surface area contributed by atoms with Crippen molar-refractivity contribution in [1.82, 2.24) is 4.98 Å². The quantitative estimate of drug-likeness (QED) is 0.850. The zero-order valence-electron chi connectivity index (χ0n) is 10.9. The van der Waals surface area contributed by atoms with Gasteiger partial charge in [0, 0.05) is 17.3 Å². The van der Waals surface area contributed by atoms with Gasteiger partial charge in [0.15, 0.2) is 0 Å². The fourth-order valence-electron chi connectivity index (χ4n) is 1.85. The van der Waals surface area contributed by atoms with Gasteiger partial charge in [-0.3, -0.25) is 0 Å². The van der Waals surface area contributed by atoms with Gasteiger partial charge < -0.3 is 9.84 Å². The average Bonchev–Trinajstić information content (AvgIpc) is 2.47. The van der Waals surface area contributed by atoms with Crippen LogP contribution in [0.4, 0.5) is 22.0 Å². The van der Waals surface area contributed by atoms with Crippen molar-refractivity contribution >= 4 is 0 Å². The molecular weight excluding hydrogens is 309 g/mol. The van der Waals surface area contributed by atoms with Crippen molar-refractivity contribution in [2.45, 2.75) is 19.6 Å². The van der Waals surface area contributed by atoms with Gasteiger partial charge in [0.2, 0.25) is 5.88 Å². The largest absolute Gasteiger partial charge is 0.417 e. The summed E-state index contributed by atoms with van der Waals surface area (Å²) in [4.78, 5) is 3.62. The molecule has 0 aliphatic carbocycles. The molecule has 0 aliphatic rings. The van der Waals surface area contributed by atoms with E-state index in [1.54, 1.807) is 0 Å². The van der Waals surface area contributed by atoms with E-state index in [-0.39, 0.29) is 16.7 Å². The van der Waals surface area contributed by atoms with Crippen LogP contribution in [0.2, 0.25) is 0 Å². The Morgan fingerprint density at radius 2 is 1.82 bits per heavy atom. The molecule has 3 nitrogen and oxygen atoms in total. The van der Waals surface area contributed by atoms with E-state index in [1.165, 1.54) is 12.1 Å². The maximum atomic E-state index is 13.3. The van der Waals surface area contributed by atoms with E-state index in [1.807, 2.05) is 0 Å². The predicted octanol–water partition coefficient (Wildman–Crippen LogP) is 3.92. The number of benzene rings is 1. The third kappa shape index (κ3) is 3.51. The summed E-state index contributed by atoms with van der Waals surface area (Å²) in [6.07, 6.45) is -1.88. The van der Waals surface area contributed by atoms with Crippen molar-refractivity contribution in [3.63, 3.8) is 0 Å². The number of aromatic nitrogens is 1. The third-order valence-corrected chi connectivity index (χ3v) is 2.86. The second-order valence-electron chi connectivity index (χ2n) is 4.26. The number of alkyl halides is 4. The first kappa shape index (κ1) is 16.2. The summed E-state index contributed by atoms with van der Waals surface area (Å²) in [5.41, 5.74) is -0.355. The molecule has 0 amide bonds. The van der Waals surface area contributed by atoms with Crippen LogP contribution in [0.5, 0.6) is 5.88 Å². The second kappa shape index (κ2) is 6.69. The number of hydrogen-bond acceptors (Lipinski definition) is 3. The molecule has 1 N–H and O–H groups in total. The summed E-state index contributed by atoms with van der Waals surface area (Å²) in [5.74, 6) is -1.51.